The van der Waals surface area contributed by atoms with Gasteiger partial charge in [0.2, 0.25) is 0 Å². The van der Waals surface area contributed by atoms with E-state index >= 15 is 0 Å². The fraction of sp³-hybridized carbons (Fsp3) is 0.412. The SMILES string of the molecule is CCC(NCCCO)C(O)c1ccc2ccccc2c1. The number of hydrogen-bond donors (Lipinski definition) is 3. The van der Waals surface area contributed by atoms with Gasteiger partial charge in [0, 0.05) is 12.6 Å². The summed E-state index contributed by atoms with van der Waals surface area (Å²) < 4.78 is 0. The Kier molecular flexibility index (Phi) is 5.53. The Balaban J connectivity index is 2.13. The average molecular weight is 273 g/mol. The molecule has 0 aliphatic heterocycles. The van der Waals surface area contributed by atoms with Crippen LogP contribution in [-0.2, 0) is 0 Å². The highest BCUT2D eigenvalue weighted by Gasteiger charge is 2.18. The first-order valence-corrected chi connectivity index (χ1v) is 7.27. The maximum absolute atomic E-state index is 10.5. The van der Waals surface area contributed by atoms with E-state index in [-0.39, 0.29) is 12.6 Å². The third-order valence-electron chi connectivity index (χ3n) is 3.68. The van der Waals surface area contributed by atoms with Crippen molar-refractivity contribution in [2.75, 3.05) is 13.2 Å². The van der Waals surface area contributed by atoms with E-state index < -0.39 is 6.10 Å². The number of nitrogens with one attached hydrogen (secondary N) is 1. The van der Waals surface area contributed by atoms with Crippen molar-refractivity contribution in [2.24, 2.45) is 0 Å². The maximum atomic E-state index is 10.5. The van der Waals surface area contributed by atoms with Crippen LogP contribution in [0.1, 0.15) is 31.4 Å². The van der Waals surface area contributed by atoms with Crippen LogP contribution >= 0.6 is 0 Å². The van der Waals surface area contributed by atoms with Crippen LogP contribution in [0.4, 0.5) is 0 Å². The Morgan fingerprint density at radius 1 is 1.10 bits per heavy atom. The molecule has 0 aliphatic carbocycles. The van der Waals surface area contributed by atoms with Crippen molar-refractivity contribution in [3.8, 4) is 0 Å². The monoisotopic (exact) mass is 273 g/mol. The summed E-state index contributed by atoms with van der Waals surface area (Å²) in [4.78, 5) is 0. The van der Waals surface area contributed by atoms with Gasteiger partial charge in [0.1, 0.15) is 0 Å². The first-order valence-electron chi connectivity index (χ1n) is 7.27. The van der Waals surface area contributed by atoms with E-state index in [1.165, 1.54) is 5.39 Å². The molecule has 0 amide bonds. The van der Waals surface area contributed by atoms with Gasteiger partial charge < -0.3 is 15.5 Å². The quantitative estimate of drug-likeness (QED) is 0.680. The van der Waals surface area contributed by atoms with E-state index in [9.17, 15) is 5.11 Å². The van der Waals surface area contributed by atoms with Crippen molar-refractivity contribution in [3.05, 3.63) is 48.0 Å². The van der Waals surface area contributed by atoms with Crippen LogP contribution in [0, 0.1) is 0 Å². The van der Waals surface area contributed by atoms with Crippen LogP contribution in [0.3, 0.4) is 0 Å². The Hall–Kier alpha value is -1.42. The molecular formula is C17H23NO2. The zero-order chi connectivity index (χ0) is 14.4. The van der Waals surface area contributed by atoms with Gasteiger partial charge in [0.15, 0.2) is 0 Å². The van der Waals surface area contributed by atoms with Crippen LogP contribution in [0.5, 0.6) is 0 Å². The van der Waals surface area contributed by atoms with Crippen molar-refractivity contribution >= 4 is 10.8 Å². The Morgan fingerprint density at radius 3 is 2.55 bits per heavy atom. The van der Waals surface area contributed by atoms with Gasteiger partial charge in [-0.25, -0.2) is 0 Å². The lowest BCUT2D eigenvalue weighted by molar-refractivity contribution is 0.125. The van der Waals surface area contributed by atoms with Crippen molar-refractivity contribution in [1.82, 2.24) is 5.32 Å². The van der Waals surface area contributed by atoms with Gasteiger partial charge in [0.05, 0.1) is 6.10 Å². The van der Waals surface area contributed by atoms with E-state index in [0.29, 0.717) is 6.42 Å². The number of aliphatic hydroxyl groups excluding tert-OH is 2. The number of fused-ring (bicyclic) bond motifs is 1. The molecule has 2 aromatic carbocycles. The van der Waals surface area contributed by atoms with E-state index in [4.69, 9.17) is 5.11 Å². The zero-order valence-electron chi connectivity index (χ0n) is 11.9. The van der Waals surface area contributed by atoms with Gasteiger partial charge in [-0.3, -0.25) is 0 Å². The Bertz CT molecular complexity index is 541. The molecule has 2 unspecified atom stereocenters. The highest BCUT2D eigenvalue weighted by Crippen LogP contribution is 2.23. The molecule has 3 heteroatoms. The van der Waals surface area contributed by atoms with E-state index in [1.54, 1.807) is 0 Å². The van der Waals surface area contributed by atoms with Crippen LogP contribution in [0.15, 0.2) is 42.5 Å². The van der Waals surface area contributed by atoms with Gasteiger partial charge in [-0.15, -0.1) is 0 Å². The lowest BCUT2D eigenvalue weighted by Gasteiger charge is -2.23. The fourth-order valence-electron chi connectivity index (χ4n) is 2.47. The van der Waals surface area contributed by atoms with Crippen molar-refractivity contribution in [1.29, 1.82) is 0 Å². The highest BCUT2D eigenvalue weighted by atomic mass is 16.3. The van der Waals surface area contributed by atoms with Gasteiger partial charge in [-0.1, -0.05) is 43.3 Å². The second-order valence-electron chi connectivity index (χ2n) is 5.10. The molecule has 2 rings (SSSR count). The minimum absolute atomic E-state index is 0.0164. The molecule has 0 aliphatic rings. The minimum atomic E-state index is -0.525. The van der Waals surface area contributed by atoms with E-state index in [2.05, 4.69) is 30.4 Å². The summed E-state index contributed by atoms with van der Waals surface area (Å²) in [5.74, 6) is 0. The highest BCUT2D eigenvalue weighted by molar-refractivity contribution is 5.83. The fourth-order valence-corrected chi connectivity index (χ4v) is 2.47. The molecule has 0 saturated carbocycles. The molecule has 0 fully saturated rings. The molecule has 0 aromatic heterocycles. The number of aliphatic hydroxyl groups is 2. The molecule has 108 valence electrons. The Labute approximate surface area is 120 Å². The molecule has 3 nitrogen and oxygen atoms in total. The lowest BCUT2D eigenvalue weighted by atomic mass is 9.97. The second kappa shape index (κ2) is 7.39. The zero-order valence-corrected chi connectivity index (χ0v) is 11.9. The molecule has 2 atom stereocenters. The molecule has 0 saturated heterocycles. The third-order valence-corrected chi connectivity index (χ3v) is 3.68. The predicted octanol–water partition coefficient (Wildman–Crippen LogP) is 2.62. The molecule has 0 heterocycles. The number of benzene rings is 2. The van der Waals surface area contributed by atoms with E-state index in [1.807, 2.05) is 24.3 Å². The first-order chi connectivity index (χ1) is 9.76. The van der Waals surface area contributed by atoms with Gasteiger partial charge in [0.25, 0.3) is 0 Å². The van der Waals surface area contributed by atoms with Crippen LogP contribution in [0.2, 0.25) is 0 Å². The lowest BCUT2D eigenvalue weighted by Crippen LogP contribution is -2.35. The summed E-state index contributed by atoms with van der Waals surface area (Å²) in [7, 11) is 0. The average Bonchev–Trinajstić information content (AvgIpc) is 2.50. The molecule has 0 bridgehead atoms. The van der Waals surface area contributed by atoms with Crippen molar-refractivity contribution in [3.63, 3.8) is 0 Å². The smallest absolute Gasteiger partial charge is 0.0943 e. The summed E-state index contributed by atoms with van der Waals surface area (Å²) >= 11 is 0. The summed E-state index contributed by atoms with van der Waals surface area (Å²) in [5.41, 5.74) is 0.937. The molecule has 2 aromatic rings. The van der Waals surface area contributed by atoms with Gasteiger partial charge >= 0.3 is 0 Å². The second-order valence-corrected chi connectivity index (χ2v) is 5.10. The topological polar surface area (TPSA) is 52.5 Å². The van der Waals surface area contributed by atoms with Crippen molar-refractivity contribution in [2.45, 2.75) is 31.9 Å². The summed E-state index contributed by atoms with van der Waals surface area (Å²) in [6.45, 7) is 2.95. The van der Waals surface area contributed by atoms with Crippen LogP contribution in [-0.4, -0.2) is 29.4 Å². The molecule has 0 radical (unpaired) electrons. The van der Waals surface area contributed by atoms with Crippen LogP contribution in [0.25, 0.3) is 10.8 Å². The predicted molar refractivity (Wildman–Crippen MR) is 82.7 cm³/mol. The van der Waals surface area contributed by atoms with Crippen LogP contribution < -0.4 is 5.32 Å². The standard InChI is InChI=1S/C17H23NO2/c1-2-16(18-10-5-11-19)17(20)15-9-8-13-6-3-4-7-14(13)12-15/h3-4,6-9,12,16-20H,2,5,10-11H2,1H3. The molecule has 20 heavy (non-hydrogen) atoms. The van der Waals surface area contributed by atoms with Gasteiger partial charge in [-0.05, 0) is 41.8 Å². The third kappa shape index (κ3) is 3.57. The summed E-state index contributed by atoms with van der Waals surface area (Å²) in [6.07, 6.45) is 1.03. The maximum Gasteiger partial charge on any atom is 0.0943 e. The molecular weight excluding hydrogens is 250 g/mol. The molecule has 3 N–H and O–H groups in total. The largest absolute Gasteiger partial charge is 0.396 e. The normalized spacial score (nSPS) is 14.3. The Morgan fingerprint density at radius 2 is 1.85 bits per heavy atom. The first kappa shape index (κ1) is 15.0. The van der Waals surface area contributed by atoms with E-state index in [0.717, 1.165) is 23.9 Å². The minimum Gasteiger partial charge on any atom is -0.396 e. The molecule has 0 spiro atoms. The number of rotatable bonds is 7. The summed E-state index contributed by atoms with van der Waals surface area (Å²) in [5, 5.41) is 25.0. The van der Waals surface area contributed by atoms with Crippen molar-refractivity contribution < 1.29 is 10.2 Å². The van der Waals surface area contributed by atoms with Gasteiger partial charge in [-0.2, -0.15) is 0 Å². The summed E-state index contributed by atoms with van der Waals surface area (Å²) in [6, 6.07) is 14.3. The number of hydrogen-bond acceptors (Lipinski definition) is 3.